The molecule has 5 heteroatoms. The van der Waals surface area contributed by atoms with Crippen LogP contribution < -0.4 is 11.3 Å². The summed E-state index contributed by atoms with van der Waals surface area (Å²) in [7, 11) is 0. The van der Waals surface area contributed by atoms with Gasteiger partial charge in [0.15, 0.2) is 0 Å². The Balaban J connectivity index is 2.45. The van der Waals surface area contributed by atoms with Gasteiger partial charge in [-0.05, 0) is 41.6 Å². The predicted octanol–water partition coefficient (Wildman–Crippen LogP) is 3.40. The summed E-state index contributed by atoms with van der Waals surface area (Å²) < 4.78 is 13.4. The Morgan fingerprint density at radius 1 is 1.41 bits per heavy atom. The standard InChI is InChI=1S/C12H12ClFN2S/c1-7-4-8(6-9(14)5-7)11(16-15)12-10(13)2-3-17-12/h2-6,11,16H,15H2,1H3. The number of hydrazine groups is 1. The summed E-state index contributed by atoms with van der Waals surface area (Å²) in [4.78, 5) is 0.888. The molecule has 0 fully saturated rings. The van der Waals surface area contributed by atoms with Crippen LogP contribution in [0.25, 0.3) is 0 Å². The molecule has 1 atom stereocenters. The zero-order valence-electron chi connectivity index (χ0n) is 9.21. The number of hydrogen-bond acceptors (Lipinski definition) is 3. The first-order valence-electron chi connectivity index (χ1n) is 5.08. The molecule has 3 N–H and O–H groups in total. The molecule has 0 aliphatic carbocycles. The average molecular weight is 271 g/mol. The van der Waals surface area contributed by atoms with E-state index in [9.17, 15) is 4.39 Å². The molecule has 1 aromatic carbocycles. The molecule has 0 saturated heterocycles. The van der Waals surface area contributed by atoms with E-state index in [-0.39, 0.29) is 11.9 Å². The van der Waals surface area contributed by atoms with Gasteiger partial charge in [0.2, 0.25) is 0 Å². The van der Waals surface area contributed by atoms with Crippen LogP contribution in [0, 0.1) is 12.7 Å². The van der Waals surface area contributed by atoms with E-state index in [1.54, 1.807) is 6.07 Å². The highest BCUT2D eigenvalue weighted by Gasteiger charge is 2.17. The SMILES string of the molecule is Cc1cc(F)cc(C(NN)c2sccc2Cl)c1. The summed E-state index contributed by atoms with van der Waals surface area (Å²) in [5.41, 5.74) is 4.30. The Kier molecular flexibility index (Phi) is 3.79. The average Bonchev–Trinajstić information content (AvgIpc) is 2.65. The molecule has 0 amide bonds. The molecule has 17 heavy (non-hydrogen) atoms. The molecule has 0 bridgehead atoms. The zero-order chi connectivity index (χ0) is 12.4. The fraction of sp³-hybridized carbons (Fsp3) is 0.167. The number of thiophene rings is 1. The van der Waals surface area contributed by atoms with Gasteiger partial charge < -0.3 is 0 Å². The Hall–Kier alpha value is -0.940. The maximum absolute atomic E-state index is 13.4. The Labute approximate surface area is 108 Å². The molecule has 2 nitrogen and oxygen atoms in total. The number of hydrogen-bond donors (Lipinski definition) is 2. The van der Waals surface area contributed by atoms with E-state index in [1.807, 2.05) is 18.4 Å². The largest absolute Gasteiger partial charge is 0.271 e. The van der Waals surface area contributed by atoms with Gasteiger partial charge in [-0.1, -0.05) is 17.7 Å². The third-order valence-corrected chi connectivity index (χ3v) is 3.89. The first kappa shape index (κ1) is 12.5. The van der Waals surface area contributed by atoms with Crippen LogP contribution >= 0.6 is 22.9 Å². The number of nitrogens with two attached hydrogens (primary N) is 1. The number of halogens is 2. The lowest BCUT2D eigenvalue weighted by molar-refractivity contribution is 0.607. The van der Waals surface area contributed by atoms with Gasteiger partial charge in [-0.2, -0.15) is 0 Å². The molecule has 2 rings (SSSR count). The number of aryl methyl sites for hydroxylation is 1. The van der Waals surface area contributed by atoms with Crippen molar-refractivity contribution in [3.8, 4) is 0 Å². The minimum atomic E-state index is -0.281. The van der Waals surface area contributed by atoms with Crippen molar-refractivity contribution < 1.29 is 4.39 Å². The van der Waals surface area contributed by atoms with Crippen molar-refractivity contribution in [1.29, 1.82) is 0 Å². The van der Waals surface area contributed by atoms with Gasteiger partial charge in [-0.3, -0.25) is 5.84 Å². The van der Waals surface area contributed by atoms with Crippen molar-refractivity contribution in [3.05, 3.63) is 56.5 Å². The maximum Gasteiger partial charge on any atom is 0.123 e. The monoisotopic (exact) mass is 270 g/mol. The Morgan fingerprint density at radius 2 is 2.18 bits per heavy atom. The summed E-state index contributed by atoms with van der Waals surface area (Å²) in [5.74, 6) is 5.27. The normalized spacial score (nSPS) is 12.7. The van der Waals surface area contributed by atoms with E-state index < -0.39 is 0 Å². The van der Waals surface area contributed by atoms with E-state index in [0.29, 0.717) is 5.02 Å². The van der Waals surface area contributed by atoms with Crippen molar-refractivity contribution in [3.63, 3.8) is 0 Å². The van der Waals surface area contributed by atoms with E-state index in [0.717, 1.165) is 16.0 Å². The van der Waals surface area contributed by atoms with Crippen LogP contribution in [-0.2, 0) is 0 Å². The number of rotatable bonds is 3. The number of benzene rings is 1. The first-order chi connectivity index (χ1) is 8.11. The van der Waals surface area contributed by atoms with E-state index in [1.165, 1.54) is 23.5 Å². The molecule has 1 aromatic heterocycles. The molecule has 1 heterocycles. The quantitative estimate of drug-likeness (QED) is 0.663. The van der Waals surface area contributed by atoms with Crippen molar-refractivity contribution >= 4 is 22.9 Å². The fourth-order valence-electron chi connectivity index (χ4n) is 1.77. The molecule has 0 saturated carbocycles. The molecule has 90 valence electrons. The summed E-state index contributed by atoms with van der Waals surface area (Å²) in [6.45, 7) is 1.84. The van der Waals surface area contributed by atoms with E-state index >= 15 is 0 Å². The van der Waals surface area contributed by atoms with Crippen LogP contribution in [0.2, 0.25) is 5.02 Å². The second-order valence-corrected chi connectivity index (χ2v) is 5.15. The lowest BCUT2D eigenvalue weighted by Gasteiger charge is -2.16. The van der Waals surface area contributed by atoms with Crippen LogP contribution in [-0.4, -0.2) is 0 Å². The molecule has 0 aliphatic heterocycles. The van der Waals surface area contributed by atoms with Gasteiger partial charge in [0.05, 0.1) is 11.1 Å². The number of nitrogens with one attached hydrogen (secondary N) is 1. The van der Waals surface area contributed by atoms with Gasteiger partial charge >= 0.3 is 0 Å². The second-order valence-electron chi connectivity index (χ2n) is 3.79. The van der Waals surface area contributed by atoms with Crippen LogP contribution in [0.5, 0.6) is 0 Å². The predicted molar refractivity (Wildman–Crippen MR) is 69.6 cm³/mol. The molecular weight excluding hydrogens is 259 g/mol. The van der Waals surface area contributed by atoms with Crippen molar-refractivity contribution in [2.75, 3.05) is 0 Å². The molecule has 0 spiro atoms. The smallest absolute Gasteiger partial charge is 0.123 e. The van der Waals surface area contributed by atoms with E-state index in [4.69, 9.17) is 17.4 Å². The topological polar surface area (TPSA) is 38.0 Å². The van der Waals surface area contributed by atoms with Crippen molar-refractivity contribution in [1.82, 2.24) is 5.43 Å². The molecule has 0 radical (unpaired) electrons. The molecule has 0 aliphatic rings. The summed E-state index contributed by atoms with van der Waals surface area (Å²) in [6, 6.07) is 6.36. The van der Waals surface area contributed by atoms with Gasteiger partial charge in [-0.25, -0.2) is 9.82 Å². The Bertz CT molecular complexity index is 507. The fourth-order valence-corrected chi connectivity index (χ4v) is 3.02. The molecule has 1 unspecified atom stereocenters. The van der Waals surface area contributed by atoms with E-state index in [2.05, 4.69) is 5.43 Å². The highest BCUT2D eigenvalue weighted by Crippen LogP contribution is 2.32. The van der Waals surface area contributed by atoms with Crippen LogP contribution in [0.15, 0.2) is 29.6 Å². The van der Waals surface area contributed by atoms with Crippen LogP contribution in [0.4, 0.5) is 4.39 Å². The third kappa shape index (κ3) is 2.66. The van der Waals surface area contributed by atoms with Gasteiger partial charge in [-0.15, -0.1) is 11.3 Å². The van der Waals surface area contributed by atoms with Crippen LogP contribution in [0.3, 0.4) is 0 Å². The minimum absolute atomic E-state index is 0.270. The molecule has 2 aromatic rings. The highest BCUT2D eigenvalue weighted by molar-refractivity contribution is 7.10. The van der Waals surface area contributed by atoms with Gasteiger partial charge in [0, 0.05) is 4.88 Å². The minimum Gasteiger partial charge on any atom is -0.271 e. The summed E-state index contributed by atoms with van der Waals surface area (Å²) in [5, 5.41) is 2.52. The first-order valence-corrected chi connectivity index (χ1v) is 6.33. The lowest BCUT2D eigenvalue weighted by atomic mass is 10.0. The summed E-state index contributed by atoms with van der Waals surface area (Å²) >= 11 is 7.56. The van der Waals surface area contributed by atoms with Gasteiger partial charge in [0.1, 0.15) is 5.82 Å². The lowest BCUT2D eigenvalue weighted by Crippen LogP contribution is -2.28. The van der Waals surface area contributed by atoms with Crippen LogP contribution in [0.1, 0.15) is 22.0 Å². The molecular formula is C12H12ClFN2S. The van der Waals surface area contributed by atoms with Crippen molar-refractivity contribution in [2.24, 2.45) is 5.84 Å². The highest BCUT2D eigenvalue weighted by atomic mass is 35.5. The summed E-state index contributed by atoms with van der Waals surface area (Å²) in [6.07, 6.45) is 0. The Morgan fingerprint density at radius 3 is 2.71 bits per heavy atom. The van der Waals surface area contributed by atoms with Gasteiger partial charge in [0.25, 0.3) is 0 Å². The second kappa shape index (κ2) is 5.14. The van der Waals surface area contributed by atoms with Crippen molar-refractivity contribution in [2.45, 2.75) is 13.0 Å². The maximum atomic E-state index is 13.4. The third-order valence-electron chi connectivity index (χ3n) is 2.47. The zero-order valence-corrected chi connectivity index (χ0v) is 10.8.